The largest absolute Gasteiger partial charge is 0.422 e. The molecule has 1 aromatic carbocycles. The highest BCUT2D eigenvalue weighted by Gasteiger charge is 2.11. The predicted molar refractivity (Wildman–Crippen MR) is 58.9 cm³/mol. The molecule has 0 atom stereocenters. The smallest absolute Gasteiger partial charge is 0.349 e. The van der Waals surface area contributed by atoms with Crippen LogP contribution in [-0.4, -0.2) is 5.91 Å². The molecule has 2 aromatic rings. The monoisotopic (exact) mass is 218 g/mol. The molecule has 0 saturated heterocycles. The maximum atomic E-state index is 11.5. The number of nitrogens with one attached hydrogen (secondary N) is 1. The Morgan fingerprint density at radius 2 is 2.12 bits per heavy atom. The summed E-state index contributed by atoms with van der Waals surface area (Å²) in [7, 11) is 0. The van der Waals surface area contributed by atoms with Gasteiger partial charge in [0.25, 0.3) is 5.91 Å². The Hall–Kier alpha value is -2.14. The standard InChI is InChI=1S/C11H10N2O3/c1-6-2-3-7-5-8(10(14)13-12)11(15)16-9(7)4-6/h2-5H,12H2,1H3,(H,13,14). The average molecular weight is 218 g/mol. The van der Waals surface area contributed by atoms with E-state index in [4.69, 9.17) is 10.3 Å². The van der Waals surface area contributed by atoms with Gasteiger partial charge in [0.05, 0.1) is 0 Å². The summed E-state index contributed by atoms with van der Waals surface area (Å²) in [5.74, 6) is 4.30. The zero-order valence-corrected chi connectivity index (χ0v) is 8.61. The number of hydrazine groups is 1. The number of nitrogens with two attached hydrogens (primary N) is 1. The second kappa shape index (κ2) is 3.79. The topological polar surface area (TPSA) is 85.3 Å². The van der Waals surface area contributed by atoms with E-state index in [2.05, 4.69) is 0 Å². The number of nitrogen functional groups attached to an aromatic ring is 1. The second-order valence-electron chi connectivity index (χ2n) is 3.46. The Bertz CT molecular complexity index is 616. The fourth-order valence-corrected chi connectivity index (χ4v) is 1.45. The average Bonchev–Trinajstić information content (AvgIpc) is 2.27. The van der Waals surface area contributed by atoms with Gasteiger partial charge in [-0.05, 0) is 24.6 Å². The van der Waals surface area contributed by atoms with Gasteiger partial charge in [0.15, 0.2) is 0 Å². The molecule has 0 unspecified atom stereocenters. The van der Waals surface area contributed by atoms with Crippen LogP contribution in [0, 0.1) is 6.92 Å². The number of carbonyl (C=O) groups excluding carboxylic acids is 1. The predicted octanol–water partition coefficient (Wildman–Crippen LogP) is 0.705. The Labute approximate surface area is 90.8 Å². The summed E-state index contributed by atoms with van der Waals surface area (Å²) in [6, 6.07) is 6.84. The minimum absolute atomic E-state index is 0.0983. The van der Waals surface area contributed by atoms with Gasteiger partial charge < -0.3 is 4.42 Å². The van der Waals surface area contributed by atoms with E-state index in [0.717, 1.165) is 5.56 Å². The van der Waals surface area contributed by atoms with Crippen LogP contribution in [0.5, 0.6) is 0 Å². The highest BCUT2D eigenvalue weighted by molar-refractivity contribution is 5.96. The van der Waals surface area contributed by atoms with E-state index in [9.17, 15) is 9.59 Å². The van der Waals surface area contributed by atoms with Crippen LogP contribution in [0.1, 0.15) is 15.9 Å². The van der Waals surface area contributed by atoms with E-state index >= 15 is 0 Å². The van der Waals surface area contributed by atoms with Gasteiger partial charge in [0, 0.05) is 5.39 Å². The lowest BCUT2D eigenvalue weighted by Crippen LogP contribution is -2.33. The summed E-state index contributed by atoms with van der Waals surface area (Å²) in [4.78, 5) is 22.7. The van der Waals surface area contributed by atoms with Gasteiger partial charge >= 0.3 is 5.63 Å². The first-order valence-electron chi connectivity index (χ1n) is 4.67. The van der Waals surface area contributed by atoms with Gasteiger partial charge in [-0.25, -0.2) is 10.6 Å². The lowest BCUT2D eigenvalue weighted by atomic mass is 10.1. The van der Waals surface area contributed by atoms with Crippen LogP contribution in [0.4, 0.5) is 0 Å². The van der Waals surface area contributed by atoms with Gasteiger partial charge in [0.2, 0.25) is 0 Å². The summed E-state index contributed by atoms with van der Waals surface area (Å²) in [6.45, 7) is 1.89. The first kappa shape index (κ1) is 10.4. The first-order valence-corrected chi connectivity index (χ1v) is 4.67. The van der Waals surface area contributed by atoms with Crippen molar-refractivity contribution in [3.63, 3.8) is 0 Å². The van der Waals surface area contributed by atoms with E-state index in [1.165, 1.54) is 6.07 Å². The van der Waals surface area contributed by atoms with Crippen molar-refractivity contribution in [3.8, 4) is 0 Å². The van der Waals surface area contributed by atoms with Crippen LogP contribution in [0.15, 0.2) is 33.5 Å². The maximum Gasteiger partial charge on any atom is 0.349 e. The van der Waals surface area contributed by atoms with Crippen molar-refractivity contribution in [1.82, 2.24) is 5.43 Å². The van der Waals surface area contributed by atoms with E-state index in [1.807, 2.05) is 18.4 Å². The molecule has 0 aliphatic rings. The molecule has 0 radical (unpaired) electrons. The van der Waals surface area contributed by atoms with Crippen molar-refractivity contribution in [1.29, 1.82) is 0 Å². The number of hydrogen-bond acceptors (Lipinski definition) is 4. The van der Waals surface area contributed by atoms with Crippen molar-refractivity contribution in [2.24, 2.45) is 5.84 Å². The number of carbonyl (C=O) groups is 1. The van der Waals surface area contributed by atoms with Crippen molar-refractivity contribution >= 4 is 16.9 Å². The molecule has 1 aromatic heterocycles. The second-order valence-corrected chi connectivity index (χ2v) is 3.46. The number of amides is 1. The number of aryl methyl sites for hydroxylation is 1. The molecule has 5 heteroatoms. The minimum Gasteiger partial charge on any atom is -0.422 e. The van der Waals surface area contributed by atoms with E-state index in [1.54, 1.807) is 12.1 Å². The molecule has 0 spiro atoms. The van der Waals surface area contributed by atoms with E-state index in [0.29, 0.717) is 11.0 Å². The third kappa shape index (κ3) is 1.68. The van der Waals surface area contributed by atoms with Crippen molar-refractivity contribution in [2.75, 3.05) is 0 Å². The van der Waals surface area contributed by atoms with Crippen LogP contribution in [-0.2, 0) is 0 Å². The van der Waals surface area contributed by atoms with Crippen LogP contribution in [0.3, 0.4) is 0 Å². The molecule has 0 aliphatic heterocycles. The summed E-state index contributed by atoms with van der Waals surface area (Å²) in [6.07, 6.45) is 0. The summed E-state index contributed by atoms with van der Waals surface area (Å²) >= 11 is 0. The van der Waals surface area contributed by atoms with Gasteiger partial charge in [0.1, 0.15) is 11.1 Å². The van der Waals surface area contributed by atoms with Crippen LogP contribution in [0.2, 0.25) is 0 Å². The molecular formula is C11H10N2O3. The van der Waals surface area contributed by atoms with Crippen molar-refractivity contribution in [2.45, 2.75) is 6.92 Å². The molecule has 1 amide bonds. The van der Waals surface area contributed by atoms with Crippen molar-refractivity contribution in [3.05, 3.63) is 45.8 Å². The van der Waals surface area contributed by atoms with Gasteiger partial charge in [-0.1, -0.05) is 12.1 Å². The molecule has 82 valence electrons. The number of benzene rings is 1. The Morgan fingerprint density at radius 1 is 1.38 bits per heavy atom. The quantitative estimate of drug-likeness (QED) is 0.319. The lowest BCUT2D eigenvalue weighted by molar-refractivity contribution is 0.0950. The lowest BCUT2D eigenvalue weighted by Gasteiger charge is -2.01. The zero-order valence-electron chi connectivity index (χ0n) is 8.61. The number of fused-ring (bicyclic) bond motifs is 1. The van der Waals surface area contributed by atoms with Crippen LogP contribution >= 0.6 is 0 Å². The third-order valence-electron chi connectivity index (χ3n) is 2.27. The van der Waals surface area contributed by atoms with E-state index in [-0.39, 0.29) is 5.56 Å². The van der Waals surface area contributed by atoms with Gasteiger partial charge in [-0.3, -0.25) is 10.2 Å². The SMILES string of the molecule is Cc1ccc2cc(C(=O)NN)c(=O)oc2c1. The van der Waals surface area contributed by atoms with Gasteiger partial charge in [-0.15, -0.1) is 0 Å². The molecule has 2 rings (SSSR count). The molecule has 5 nitrogen and oxygen atoms in total. The first-order chi connectivity index (χ1) is 7.61. The molecule has 0 saturated carbocycles. The molecule has 3 N–H and O–H groups in total. The Balaban J connectivity index is 2.72. The molecule has 0 fully saturated rings. The van der Waals surface area contributed by atoms with Crippen LogP contribution in [0.25, 0.3) is 11.0 Å². The molecule has 16 heavy (non-hydrogen) atoms. The summed E-state index contributed by atoms with van der Waals surface area (Å²) < 4.78 is 5.02. The molecule has 0 bridgehead atoms. The third-order valence-corrected chi connectivity index (χ3v) is 2.27. The Morgan fingerprint density at radius 3 is 2.81 bits per heavy atom. The summed E-state index contributed by atoms with van der Waals surface area (Å²) in [5.41, 5.74) is 2.54. The van der Waals surface area contributed by atoms with E-state index < -0.39 is 11.5 Å². The highest BCUT2D eigenvalue weighted by atomic mass is 16.4. The number of rotatable bonds is 1. The highest BCUT2D eigenvalue weighted by Crippen LogP contribution is 2.14. The molecule has 0 aliphatic carbocycles. The normalized spacial score (nSPS) is 10.4. The Kier molecular flexibility index (Phi) is 2.46. The zero-order chi connectivity index (χ0) is 11.7. The minimum atomic E-state index is -0.693. The van der Waals surface area contributed by atoms with Crippen LogP contribution < -0.4 is 16.9 Å². The van der Waals surface area contributed by atoms with Gasteiger partial charge in [-0.2, -0.15) is 0 Å². The fourth-order valence-electron chi connectivity index (χ4n) is 1.45. The fraction of sp³-hybridized carbons (Fsp3) is 0.0909. The summed E-state index contributed by atoms with van der Waals surface area (Å²) in [5, 5.41) is 0.684. The number of hydrogen-bond donors (Lipinski definition) is 2. The maximum absolute atomic E-state index is 11.5. The molecular weight excluding hydrogens is 208 g/mol. The molecule has 1 heterocycles. The van der Waals surface area contributed by atoms with Crippen molar-refractivity contribution < 1.29 is 9.21 Å².